The van der Waals surface area contributed by atoms with Gasteiger partial charge in [-0.3, -0.25) is 9.59 Å². The van der Waals surface area contributed by atoms with Gasteiger partial charge in [0.05, 0.1) is 47.4 Å². The number of benzene rings is 2. The van der Waals surface area contributed by atoms with Gasteiger partial charge in [0.25, 0.3) is 11.8 Å². The van der Waals surface area contributed by atoms with Gasteiger partial charge >= 0.3 is 11.9 Å². The van der Waals surface area contributed by atoms with E-state index < -0.39 is 11.9 Å². The standard InChI is InChI=1S/2C19H24N4O3/c2*1-11-9-12(19(25)26-2)10-15-16(11)22-17(21-15)18(24)20-13-5-7-23(8-6-13)14-3-4-14/h2*9-10,13-14H,3-8H2,1-2H3,(H,20,24)(H,21,22). The molecule has 0 unspecified atom stereocenters. The molecule has 2 aliphatic heterocycles. The second-order valence-corrected chi connectivity index (χ2v) is 14.6. The van der Waals surface area contributed by atoms with Crippen LogP contribution in [0.4, 0.5) is 0 Å². The molecule has 4 heterocycles. The highest BCUT2D eigenvalue weighted by Gasteiger charge is 2.33. The normalized spacial score (nSPS) is 18.8. The number of carbonyl (C=O) groups excluding carboxylic acids is 4. The van der Waals surface area contributed by atoms with Crippen LogP contribution >= 0.6 is 0 Å². The Morgan fingerprint density at radius 2 is 0.981 bits per heavy atom. The molecule has 2 aromatic carbocycles. The fraction of sp³-hybridized carbons (Fsp3) is 0.526. The molecule has 52 heavy (non-hydrogen) atoms. The SMILES string of the molecule is COC(=O)c1cc(C)c2nc(C(=O)NC3CCN(C4CC4)CC3)[nH]c2c1.COC(=O)c1cc(C)c2nc(C(=O)NC3CCN(C4CC4)CC3)[nH]c2c1. The van der Waals surface area contributed by atoms with E-state index in [9.17, 15) is 19.2 Å². The topological polar surface area (TPSA) is 175 Å². The number of methoxy groups -OCH3 is 2. The molecule has 2 aromatic heterocycles. The number of rotatable bonds is 8. The van der Waals surface area contributed by atoms with E-state index in [0.29, 0.717) is 33.2 Å². The number of amides is 2. The van der Waals surface area contributed by atoms with E-state index in [2.05, 4.69) is 40.4 Å². The highest BCUT2D eigenvalue weighted by atomic mass is 16.5. The summed E-state index contributed by atoms with van der Waals surface area (Å²) in [5, 5.41) is 6.19. The summed E-state index contributed by atoms with van der Waals surface area (Å²) in [5.74, 6) is -0.615. The molecule has 4 aromatic rings. The summed E-state index contributed by atoms with van der Waals surface area (Å²) < 4.78 is 9.54. The van der Waals surface area contributed by atoms with Crippen LogP contribution in [-0.2, 0) is 9.47 Å². The summed E-state index contributed by atoms with van der Waals surface area (Å²) in [5.41, 5.74) is 5.28. The van der Waals surface area contributed by atoms with Gasteiger partial charge in [0.2, 0.25) is 0 Å². The minimum atomic E-state index is -0.405. The van der Waals surface area contributed by atoms with Crippen LogP contribution in [0.3, 0.4) is 0 Å². The van der Waals surface area contributed by atoms with Gasteiger partial charge in [-0.25, -0.2) is 19.6 Å². The van der Waals surface area contributed by atoms with Crippen LogP contribution < -0.4 is 10.6 Å². The van der Waals surface area contributed by atoms with Gasteiger partial charge in [-0.15, -0.1) is 0 Å². The summed E-state index contributed by atoms with van der Waals surface area (Å²) in [4.78, 5) is 68.7. The fourth-order valence-corrected chi connectivity index (χ4v) is 7.47. The first-order valence-corrected chi connectivity index (χ1v) is 18.4. The molecular weight excluding hydrogens is 664 g/mol. The molecule has 4 aliphatic rings. The van der Waals surface area contributed by atoms with Crippen LogP contribution in [0.25, 0.3) is 22.1 Å². The molecule has 14 nitrogen and oxygen atoms in total. The van der Waals surface area contributed by atoms with E-state index >= 15 is 0 Å². The molecule has 14 heteroatoms. The number of likely N-dealkylation sites (tertiary alicyclic amines) is 2. The predicted molar refractivity (Wildman–Crippen MR) is 195 cm³/mol. The van der Waals surface area contributed by atoms with Crippen molar-refractivity contribution in [2.45, 2.75) is 89.4 Å². The Labute approximate surface area is 302 Å². The Bertz CT molecular complexity index is 1840. The highest BCUT2D eigenvalue weighted by molar-refractivity contribution is 5.99. The lowest BCUT2D eigenvalue weighted by molar-refractivity contribution is 0.0592. The van der Waals surface area contributed by atoms with Gasteiger partial charge in [0, 0.05) is 50.3 Å². The predicted octanol–water partition coefficient (Wildman–Crippen LogP) is 4.03. The van der Waals surface area contributed by atoms with Crippen molar-refractivity contribution in [2.24, 2.45) is 0 Å². The third-order valence-corrected chi connectivity index (χ3v) is 10.7. The molecule has 2 amide bonds. The van der Waals surface area contributed by atoms with E-state index in [1.54, 1.807) is 24.3 Å². The number of aromatic amines is 2. The zero-order valence-electron chi connectivity index (χ0n) is 30.3. The number of ether oxygens (including phenoxy) is 2. The van der Waals surface area contributed by atoms with E-state index in [1.807, 2.05) is 13.8 Å². The number of carbonyl (C=O) groups is 4. The molecule has 2 aliphatic carbocycles. The zero-order chi connectivity index (χ0) is 36.5. The lowest BCUT2D eigenvalue weighted by atomic mass is 10.0. The molecule has 2 saturated carbocycles. The molecule has 0 bridgehead atoms. The Hall–Kier alpha value is -4.82. The molecule has 4 N–H and O–H groups in total. The van der Waals surface area contributed by atoms with Crippen molar-refractivity contribution < 1.29 is 28.7 Å². The zero-order valence-corrected chi connectivity index (χ0v) is 30.3. The lowest BCUT2D eigenvalue weighted by Gasteiger charge is -2.32. The minimum Gasteiger partial charge on any atom is -0.465 e. The first-order valence-electron chi connectivity index (χ1n) is 18.4. The van der Waals surface area contributed by atoms with Gasteiger partial charge in [-0.2, -0.15) is 0 Å². The summed E-state index contributed by atoms with van der Waals surface area (Å²) in [6.45, 7) is 7.94. The Balaban J connectivity index is 0.000000162. The van der Waals surface area contributed by atoms with E-state index in [0.717, 1.165) is 75.1 Å². The Morgan fingerprint density at radius 1 is 0.615 bits per heavy atom. The number of hydrogen-bond acceptors (Lipinski definition) is 10. The molecule has 0 spiro atoms. The number of esters is 2. The number of piperidine rings is 2. The van der Waals surface area contributed by atoms with Crippen LogP contribution in [0.5, 0.6) is 0 Å². The molecular formula is C38H48N8O6. The van der Waals surface area contributed by atoms with Crippen molar-refractivity contribution in [3.05, 3.63) is 58.2 Å². The summed E-state index contributed by atoms with van der Waals surface area (Å²) >= 11 is 0. The van der Waals surface area contributed by atoms with Crippen LogP contribution in [0.1, 0.15) is 104 Å². The smallest absolute Gasteiger partial charge is 0.337 e. The van der Waals surface area contributed by atoms with Gasteiger partial charge < -0.3 is 39.9 Å². The van der Waals surface area contributed by atoms with Crippen LogP contribution in [0.15, 0.2) is 24.3 Å². The van der Waals surface area contributed by atoms with Gasteiger partial charge in [0.1, 0.15) is 0 Å². The van der Waals surface area contributed by atoms with Crippen molar-refractivity contribution in [3.8, 4) is 0 Å². The quantitative estimate of drug-likeness (QED) is 0.195. The summed E-state index contributed by atoms with van der Waals surface area (Å²) in [6.07, 6.45) is 9.21. The van der Waals surface area contributed by atoms with Crippen molar-refractivity contribution >= 4 is 45.8 Å². The molecule has 8 rings (SSSR count). The van der Waals surface area contributed by atoms with Crippen molar-refractivity contribution in [3.63, 3.8) is 0 Å². The number of imidazole rings is 2. The van der Waals surface area contributed by atoms with Gasteiger partial charge in [-0.1, -0.05) is 0 Å². The van der Waals surface area contributed by atoms with E-state index in [4.69, 9.17) is 9.47 Å². The third-order valence-electron chi connectivity index (χ3n) is 10.7. The fourth-order valence-electron chi connectivity index (χ4n) is 7.47. The average molecular weight is 713 g/mol. The van der Waals surface area contributed by atoms with Crippen LogP contribution in [0, 0.1) is 13.8 Å². The van der Waals surface area contributed by atoms with Crippen LogP contribution in [-0.4, -0.2) is 118 Å². The largest absolute Gasteiger partial charge is 0.465 e. The average Bonchev–Trinajstić information content (AvgIpc) is 4.09. The lowest BCUT2D eigenvalue weighted by Crippen LogP contribution is -2.45. The van der Waals surface area contributed by atoms with Crippen molar-refractivity contribution in [1.29, 1.82) is 0 Å². The molecule has 276 valence electrons. The van der Waals surface area contributed by atoms with E-state index in [-0.39, 0.29) is 35.5 Å². The highest BCUT2D eigenvalue weighted by Crippen LogP contribution is 2.30. The second-order valence-electron chi connectivity index (χ2n) is 14.6. The minimum absolute atomic E-state index is 0.190. The first kappa shape index (κ1) is 35.6. The number of H-pyrrole nitrogens is 2. The molecule has 2 saturated heterocycles. The van der Waals surface area contributed by atoms with Gasteiger partial charge in [-0.05, 0) is 101 Å². The number of fused-ring (bicyclic) bond motifs is 2. The number of nitrogens with one attached hydrogen (secondary N) is 4. The molecule has 4 fully saturated rings. The number of aryl methyl sites for hydroxylation is 2. The monoisotopic (exact) mass is 712 g/mol. The maximum absolute atomic E-state index is 12.6. The van der Waals surface area contributed by atoms with Crippen LogP contribution in [0.2, 0.25) is 0 Å². The van der Waals surface area contributed by atoms with Crippen molar-refractivity contribution in [1.82, 2.24) is 40.4 Å². The first-order chi connectivity index (χ1) is 25.1. The second kappa shape index (κ2) is 15.0. The summed E-state index contributed by atoms with van der Waals surface area (Å²) in [6, 6.07) is 8.75. The maximum atomic E-state index is 12.6. The Kier molecular flexibility index (Phi) is 10.3. The van der Waals surface area contributed by atoms with E-state index in [1.165, 1.54) is 39.9 Å². The number of aromatic nitrogens is 4. The molecule has 0 atom stereocenters. The maximum Gasteiger partial charge on any atom is 0.337 e. The van der Waals surface area contributed by atoms with Crippen molar-refractivity contribution in [2.75, 3.05) is 40.4 Å². The van der Waals surface area contributed by atoms with Gasteiger partial charge in [0.15, 0.2) is 11.6 Å². The Morgan fingerprint density at radius 3 is 1.31 bits per heavy atom. The number of nitrogens with zero attached hydrogens (tertiary/aromatic N) is 4. The summed E-state index contributed by atoms with van der Waals surface area (Å²) in [7, 11) is 2.70. The third kappa shape index (κ3) is 7.97. The number of hydrogen-bond donors (Lipinski definition) is 4. The molecule has 0 radical (unpaired) electrons.